The van der Waals surface area contributed by atoms with Gasteiger partial charge < -0.3 is 11.1 Å². The van der Waals surface area contributed by atoms with Gasteiger partial charge in [-0.05, 0) is 29.3 Å². The summed E-state index contributed by atoms with van der Waals surface area (Å²) >= 11 is 3.31. The van der Waals surface area contributed by atoms with E-state index in [4.69, 9.17) is 5.73 Å². The van der Waals surface area contributed by atoms with Gasteiger partial charge in [0.1, 0.15) is 12.0 Å². The number of hydrogen-bond donors (Lipinski definition) is 2. The molecule has 1 aliphatic carbocycles. The van der Waals surface area contributed by atoms with Crippen molar-refractivity contribution in [1.82, 2.24) is 4.98 Å². The number of rotatable bonds is 3. The maximum atomic E-state index is 10.7. The largest absolute Gasteiger partial charge is 0.365 e. The van der Waals surface area contributed by atoms with E-state index in [9.17, 15) is 10.1 Å². The molecule has 0 amide bonds. The molecule has 1 heterocycles. The van der Waals surface area contributed by atoms with Crippen molar-refractivity contribution in [3.63, 3.8) is 0 Å². The molecule has 0 radical (unpaired) electrons. The summed E-state index contributed by atoms with van der Waals surface area (Å²) in [6, 6.07) is 0.383. The van der Waals surface area contributed by atoms with Crippen LogP contribution in [0.3, 0.4) is 0 Å². The second-order valence-electron chi connectivity index (χ2n) is 3.84. The van der Waals surface area contributed by atoms with Crippen LogP contribution < -0.4 is 11.1 Å². The first-order valence-corrected chi connectivity index (χ1v) is 5.61. The molecule has 0 aromatic carbocycles. The van der Waals surface area contributed by atoms with Gasteiger partial charge in [0.15, 0.2) is 0 Å². The van der Waals surface area contributed by atoms with Gasteiger partial charge in [0.2, 0.25) is 0 Å². The second kappa shape index (κ2) is 3.99. The van der Waals surface area contributed by atoms with Crippen LogP contribution in [0.25, 0.3) is 0 Å². The van der Waals surface area contributed by atoms with Gasteiger partial charge in [-0.25, -0.2) is 4.98 Å². The van der Waals surface area contributed by atoms with Crippen molar-refractivity contribution in [3.05, 3.63) is 26.3 Å². The molecule has 2 atom stereocenters. The van der Waals surface area contributed by atoms with Gasteiger partial charge in [-0.2, -0.15) is 0 Å². The van der Waals surface area contributed by atoms with Crippen LogP contribution >= 0.6 is 15.9 Å². The molecule has 1 saturated carbocycles. The van der Waals surface area contributed by atoms with E-state index in [2.05, 4.69) is 26.2 Å². The predicted molar refractivity (Wildman–Crippen MR) is 63.3 cm³/mol. The quantitative estimate of drug-likeness (QED) is 0.650. The standard InChI is InChI=1S/C9H11BrN4O2/c1-4-7(14(15)16)3-12-9(8(4)10)13-6-2-5(6)11/h3,5-6H,2,11H2,1H3,(H,12,13). The summed E-state index contributed by atoms with van der Waals surface area (Å²) < 4.78 is 0.626. The molecule has 1 fully saturated rings. The van der Waals surface area contributed by atoms with Crippen molar-refractivity contribution in [2.75, 3.05) is 5.32 Å². The van der Waals surface area contributed by atoms with E-state index in [1.54, 1.807) is 6.92 Å². The Bertz CT molecular complexity index is 451. The summed E-state index contributed by atoms with van der Waals surface area (Å²) in [7, 11) is 0. The van der Waals surface area contributed by atoms with Crippen LogP contribution in [-0.2, 0) is 0 Å². The number of nitrogens with zero attached hydrogens (tertiary/aromatic N) is 2. The lowest BCUT2D eigenvalue weighted by molar-refractivity contribution is -0.385. The average molecular weight is 287 g/mol. The van der Waals surface area contributed by atoms with E-state index >= 15 is 0 Å². The monoisotopic (exact) mass is 286 g/mol. The third-order valence-electron chi connectivity index (χ3n) is 2.60. The Hall–Kier alpha value is -1.21. The highest BCUT2D eigenvalue weighted by Gasteiger charge is 2.34. The maximum absolute atomic E-state index is 10.7. The summed E-state index contributed by atoms with van der Waals surface area (Å²) in [5.41, 5.74) is 6.24. The molecule has 6 nitrogen and oxygen atoms in total. The minimum absolute atomic E-state index is 0.0116. The smallest absolute Gasteiger partial charge is 0.291 e. The first kappa shape index (κ1) is 11.3. The molecule has 16 heavy (non-hydrogen) atoms. The first-order valence-electron chi connectivity index (χ1n) is 4.82. The van der Waals surface area contributed by atoms with Crippen LogP contribution in [0.1, 0.15) is 12.0 Å². The Balaban J connectivity index is 2.27. The van der Waals surface area contributed by atoms with Crippen molar-refractivity contribution in [3.8, 4) is 0 Å². The molecule has 1 aromatic heterocycles. The number of nitro groups is 1. The fourth-order valence-corrected chi connectivity index (χ4v) is 1.83. The summed E-state index contributed by atoms with van der Waals surface area (Å²) in [6.45, 7) is 1.68. The van der Waals surface area contributed by atoms with Crippen molar-refractivity contribution in [2.24, 2.45) is 5.73 Å². The number of hydrogen-bond acceptors (Lipinski definition) is 5. The van der Waals surface area contributed by atoms with Crippen molar-refractivity contribution in [2.45, 2.75) is 25.4 Å². The lowest BCUT2D eigenvalue weighted by Gasteiger charge is -2.08. The van der Waals surface area contributed by atoms with Gasteiger partial charge in [-0.15, -0.1) is 0 Å². The molecule has 1 aromatic rings. The van der Waals surface area contributed by atoms with Crippen LogP contribution in [-0.4, -0.2) is 22.0 Å². The Morgan fingerprint density at radius 3 is 2.88 bits per heavy atom. The van der Waals surface area contributed by atoms with E-state index in [0.717, 1.165) is 6.42 Å². The highest BCUT2D eigenvalue weighted by molar-refractivity contribution is 9.10. The van der Waals surface area contributed by atoms with E-state index in [-0.39, 0.29) is 17.8 Å². The molecule has 0 aliphatic heterocycles. The van der Waals surface area contributed by atoms with Crippen LogP contribution in [0.5, 0.6) is 0 Å². The molecule has 3 N–H and O–H groups in total. The topological polar surface area (TPSA) is 94.1 Å². The molecule has 86 valence electrons. The molecule has 7 heteroatoms. The van der Waals surface area contributed by atoms with E-state index in [1.807, 2.05) is 0 Å². The minimum atomic E-state index is -0.445. The maximum Gasteiger partial charge on any atom is 0.291 e. The molecular formula is C9H11BrN4O2. The van der Waals surface area contributed by atoms with E-state index in [0.29, 0.717) is 15.9 Å². The third-order valence-corrected chi connectivity index (χ3v) is 3.57. The first-order chi connectivity index (χ1) is 7.50. The number of aromatic nitrogens is 1. The fourth-order valence-electron chi connectivity index (χ4n) is 1.41. The predicted octanol–water partition coefficient (Wildman–Crippen LogP) is 1.57. The van der Waals surface area contributed by atoms with Gasteiger partial charge in [-0.3, -0.25) is 10.1 Å². The SMILES string of the molecule is Cc1c([N+](=O)[O-])cnc(NC2CC2N)c1Br. The second-order valence-corrected chi connectivity index (χ2v) is 4.63. The van der Waals surface area contributed by atoms with Crippen molar-refractivity contribution < 1.29 is 4.92 Å². The molecule has 2 unspecified atom stereocenters. The zero-order chi connectivity index (χ0) is 11.9. The Labute approximate surface area is 101 Å². The summed E-state index contributed by atoms with van der Waals surface area (Å²) in [4.78, 5) is 14.3. The minimum Gasteiger partial charge on any atom is -0.365 e. The number of nitrogens with two attached hydrogens (primary N) is 1. The number of halogens is 1. The molecule has 0 saturated heterocycles. The van der Waals surface area contributed by atoms with Crippen LogP contribution in [0.15, 0.2) is 10.7 Å². The lowest BCUT2D eigenvalue weighted by Crippen LogP contribution is -2.14. The Morgan fingerprint density at radius 1 is 1.75 bits per heavy atom. The Morgan fingerprint density at radius 2 is 2.38 bits per heavy atom. The van der Waals surface area contributed by atoms with Gasteiger partial charge in [0.25, 0.3) is 5.69 Å². The zero-order valence-corrected chi connectivity index (χ0v) is 10.2. The van der Waals surface area contributed by atoms with Crippen molar-refractivity contribution >= 4 is 27.4 Å². The van der Waals surface area contributed by atoms with Gasteiger partial charge >= 0.3 is 0 Å². The summed E-state index contributed by atoms with van der Waals surface area (Å²) in [5, 5.41) is 13.8. The molecule has 0 bridgehead atoms. The lowest BCUT2D eigenvalue weighted by atomic mass is 10.2. The fraction of sp³-hybridized carbons (Fsp3) is 0.444. The normalized spacial score (nSPS) is 22.9. The Kier molecular flexibility index (Phi) is 2.81. The summed E-state index contributed by atoms with van der Waals surface area (Å²) in [5.74, 6) is 0.612. The van der Waals surface area contributed by atoms with Crippen molar-refractivity contribution in [1.29, 1.82) is 0 Å². The molecule has 0 spiro atoms. The highest BCUT2D eigenvalue weighted by Crippen LogP contribution is 2.33. The van der Waals surface area contributed by atoms with Gasteiger partial charge in [0.05, 0.1) is 9.40 Å². The number of anilines is 1. The van der Waals surface area contributed by atoms with E-state index in [1.165, 1.54) is 6.20 Å². The molecule has 1 aliphatic rings. The van der Waals surface area contributed by atoms with Crippen LogP contribution in [0, 0.1) is 17.0 Å². The number of nitrogens with one attached hydrogen (secondary N) is 1. The highest BCUT2D eigenvalue weighted by atomic mass is 79.9. The number of pyridine rings is 1. The molecular weight excluding hydrogens is 276 g/mol. The van der Waals surface area contributed by atoms with Crippen LogP contribution in [0.4, 0.5) is 11.5 Å². The molecule has 2 rings (SSSR count). The summed E-state index contributed by atoms with van der Waals surface area (Å²) in [6.07, 6.45) is 2.17. The van der Waals surface area contributed by atoms with E-state index < -0.39 is 4.92 Å². The van der Waals surface area contributed by atoms with Gasteiger partial charge in [0, 0.05) is 17.6 Å². The van der Waals surface area contributed by atoms with Gasteiger partial charge in [-0.1, -0.05) is 0 Å². The third kappa shape index (κ3) is 2.00. The average Bonchev–Trinajstić information content (AvgIpc) is 2.89. The van der Waals surface area contributed by atoms with Crippen LogP contribution in [0.2, 0.25) is 0 Å². The zero-order valence-electron chi connectivity index (χ0n) is 8.61.